The molecule has 2 aromatic rings. The molecule has 4 N–H and O–H groups in total. The van der Waals surface area contributed by atoms with Gasteiger partial charge in [-0.25, -0.2) is 4.39 Å². The van der Waals surface area contributed by atoms with Crippen LogP contribution in [0.15, 0.2) is 12.1 Å². The summed E-state index contributed by atoms with van der Waals surface area (Å²) in [5, 5.41) is 11.9. The minimum absolute atomic E-state index is 0.0196. The lowest BCUT2D eigenvalue weighted by atomic mass is 10.0. The second kappa shape index (κ2) is 6.36. The summed E-state index contributed by atoms with van der Waals surface area (Å²) in [5.74, 6) is -0.743. The standard InChI is InChI=1S/C14H18FN3O2S/c1-7(2)10(3-4-19)16-13(20)9-5-8(15)6-11-12(9)18-14(21)17-11/h5-7,10,19H,3-4H2,1-2H3,(H,16,20)(H2,17,18,21). The summed E-state index contributed by atoms with van der Waals surface area (Å²) in [7, 11) is 0. The second-order valence-electron chi connectivity index (χ2n) is 5.29. The maximum absolute atomic E-state index is 13.6. The number of aliphatic hydroxyl groups is 1. The molecular weight excluding hydrogens is 293 g/mol. The van der Waals surface area contributed by atoms with E-state index in [2.05, 4.69) is 15.3 Å². The second-order valence-corrected chi connectivity index (χ2v) is 5.70. The molecule has 0 saturated carbocycles. The Morgan fingerprint density at radius 1 is 1.43 bits per heavy atom. The molecule has 1 aromatic heterocycles. The number of aromatic nitrogens is 2. The minimum Gasteiger partial charge on any atom is -0.396 e. The predicted molar refractivity (Wildman–Crippen MR) is 81.2 cm³/mol. The lowest BCUT2D eigenvalue weighted by Crippen LogP contribution is -2.39. The molecule has 1 aromatic carbocycles. The quantitative estimate of drug-likeness (QED) is 0.640. The number of H-pyrrole nitrogens is 2. The molecule has 0 saturated heterocycles. The molecule has 1 atom stereocenters. The van der Waals surface area contributed by atoms with E-state index in [1.807, 2.05) is 13.8 Å². The van der Waals surface area contributed by atoms with Crippen LogP contribution in [-0.4, -0.2) is 33.6 Å². The molecule has 0 spiro atoms. The van der Waals surface area contributed by atoms with Crippen LogP contribution in [-0.2, 0) is 0 Å². The SMILES string of the molecule is CC(C)C(CCO)NC(=O)c1cc(F)cc2[nH]c(=S)[nH]c12. The van der Waals surface area contributed by atoms with E-state index in [-0.39, 0.29) is 24.1 Å². The van der Waals surface area contributed by atoms with Crippen LogP contribution in [0.25, 0.3) is 11.0 Å². The summed E-state index contributed by atoms with van der Waals surface area (Å²) in [5.41, 5.74) is 1.12. The zero-order chi connectivity index (χ0) is 15.6. The van der Waals surface area contributed by atoms with E-state index in [4.69, 9.17) is 17.3 Å². The van der Waals surface area contributed by atoms with Gasteiger partial charge < -0.3 is 20.4 Å². The fourth-order valence-corrected chi connectivity index (χ4v) is 2.46. The van der Waals surface area contributed by atoms with Crippen molar-refractivity contribution in [1.82, 2.24) is 15.3 Å². The van der Waals surface area contributed by atoms with Crippen molar-refractivity contribution in [3.05, 3.63) is 28.3 Å². The smallest absolute Gasteiger partial charge is 0.253 e. The van der Waals surface area contributed by atoms with E-state index >= 15 is 0 Å². The normalized spacial score (nSPS) is 12.8. The van der Waals surface area contributed by atoms with Gasteiger partial charge in [-0.1, -0.05) is 13.8 Å². The third-order valence-corrected chi connectivity index (χ3v) is 3.60. The van der Waals surface area contributed by atoms with Gasteiger partial charge in [-0.2, -0.15) is 0 Å². The van der Waals surface area contributed by atoms with Gasteiger partial charge in [0.05, 0.1) is 16.6 Å². The van der Waals surface area contributed by atoms with Gasteiger partial charge in [-0.05, 0) is 36.7 Å². The van der Waals surface area contributed by atoms with Crippen LogP contribution in [0.2, 0.25) is 0 Å². The number of imidazole rings is 1. The average Bonchev–Trinajstić information content (AvgIpc) is 2.76. The molecule has 0 aliphatic carbocycles. The maximum atomic E-state index is 13.6. The molecule has 1 amide bonds. The van der Waals surface area contributed by atoms with Crippen LogP contribution in [0, 0.1) is 16.5 Å². The van der Waals surface area contributed by atoms with Crippen molar-refractivity contribution < 1.29 is 14.3 Å². The predicted octanol–water partition coefficient (Wildman–Crippen LogP) is 2.50. The third-order valence-electron chi connectivity index (χ3n) is 3.40. The molecule has 114 valence electrons. The van der Waals surface area contributed by atoms with Crippen LogP contribution in [0.4, 0.5) is 4.39 Å². The highest BCUT2D eigenvalue weighted by atomic mass is 32.1. The number of rotatable bonds is 5. The average molecular weight is 311 g/mol. The van der Waals surface area contributed by atoms with Crippen molar-refractivity contribution in [3.8, 4) is 0 Å². The van der Waals surface area contributed by atoms with Gasteiger partial charge in [0.15, 0.2) is 4.77 Å². The molecular formula is C14H18FN3O2S. The number of fused-ring (bicyclic) bond motifs is 1. The highest BCUT2D eigenvalue weighted by molar-refractivity contribution is 7.71. The van der Waals surface area contributed by atoms with Crippen LogP contribution in [0.5, 0.6) is 0 Å². The van der Waals surface area contributed by atoms with Gasteiger partial charge in [0.2, 0.25) is 0 Å². The Morgan fingerprint density at radius 3 is 2.76 bits per heavy atom. The first-order chi connectivity index (χ1) is 9.92. The van der Waals surface area contributed by atoms with Crippen molar-refractivity contribution in [2.45, 2.75) is 26.3 Å². The van der Waals surface area contributed by atoms with Gasteiger partial charge in [0, 0.05) is 12.6 Å². The van der Waals surface area contributed by atoms with Crippen molar-refractivity contribution in [1.29, 1.82) is 0 Å². The number of aromatic amines is 2. The fraction of sp³-hybridized carbons (Fsp3) is 0.429. The monoisotopic (exact) mass is 311 g/mol. The third kappa shape index (κ3) is 3.48. The Hall–Kier alpha value is -1.73. The van der Waals surface area contributed by atoms with Crippen molar-refractivity contribution >= 4 is 29.2 Å². The first-order valence-electron chi connectivity index (χ1n) is 6.75. The van der Waals surface area contributed by atoms with E-state index in [9.17, 15) is 9.18 Å². The highest BCUT2D eigenvalue weighted by Gasteiger charge is 2.19. The van der Waals surface area contributed by atoms with Crippen molar-refractivity contribution in [2.24, 2.45) is 5.92 Å². The van der Waals surface area contributed by atoms with E-state index < -0.39 is 11.7 Å². The molecule has 7 heteroatoms. The van der Waals surface area contributed by atoms with Crippen molar-refractivity contribution in [2.75, 3.05) is 6.61 Å². The number of carbonyl (C=O) groups is 1. The number of hydrogen-bond donors (Lipinski definition) is 4. The molecule has 0 fully saturated rings. The fourth-order valence-electron chi connectivity index (χ4n) is 2.24. The van der Waals surface area contributed by atoms with E-state index in [0.29, 0.717) is 22.2 Å². The molecule has 1 heterocycles. The Kier molecular flexibility index (Phi) is 4.74. The summed E-state index contributed by atoms with van der Waals surface area (Å²) in [6.45, 7) is 3.88. The lowest BCUT2D eigenvalue weighted by Gasteiger charge is -2.21. The molecule has 21 heavy (non-hydrogen) atoms. The lowest BCUT2D eigenvalue weighted by molar-refractivity contribution is 0.0917. The number of halogens is 1. The Labute approximate surface area is 126 Å². The first-order valence-corrected chi connectivity index (χ1v) is 7.16. The maximum Gasteiger partial charge on any atom is 0.253 e. The van der Waals surface area contributed by atoms with Gasteiger partial charge in [0.1, 0.15) is 5.82 Å². The summed E-state index contributed by atoms with van der Waals surface area (Å²) >= 11 is 4.98. The van der Waals surface area contributed by atoms with E-state index in [0.717, 1.165) is 0 Å². The van der Waals surface area contributed by atoms with Crippen LogP contribution in [0.3, 0.4) is 0 Å². The number of hydrogen-bond acceptors (Lipinski definition) is 3. The number of aliphatic hydroxyl groups excluding tert-OH is 1. The Morgan fingerprint density at radius 2 is 2.14 bits per heavy atom. The Bertz CT molecular complexity index is 708. The summed E-state index contributed by atoms with van der Waals surface area (Å²) < 4.78 is 14.0. The molecule has 0 bridgehead atoms. The number of amides is 1. The summed E-state index contributed by atoms with van der Waals surface area (Å²) in [6.07, 6.45) is 0.449. The number of carbonyl (C=O) groups excluding carboxylic acids is 1. The number of benzene rings is 1. The summed E-state index contributed by atoms with van der Waals surface area (Å²) in [4.78, 5) is 18.0. The topological polar surface area (TPSA) is 80.9 Å². The summed E-state index contributed by atoms with van der Waals surface area (Å²) in [6, 6.07) is 2.28. The van der Waals surface area contributed by atoms with Gasteiger partial charge in [-0.15, -0.1) is 0 Å². The zero-order valence-electron chi connectivity index (χ0n) is 11.9. The molecule has 5 nitrogen and oxygen atoms in total. The van der Waals surface area contributed by atoms with Gasteiger partial charge in [0.25, 0.3) is 5.91 Å². The van der Waals surface area contributed by atoms with Gasteiger partial charge >= 0.3 is 0 Å². The van der Waals surface area contributed by atoms with E-state index in [1.165, 1.54) is 12.1 Å². The van der Waals surface area contributed by atoms with Gasteiger partial charge in [-0.3, -0.25) is 4.79 Å². The molecule has 0 radical (unpaired) electrons. The minimum atomic E-state index is -0.513. The number of nitrogens with one attached hydrogen (secondary N) is 3. The molecule has 0 aliphatic rings. The molecule has 1 unspecified atom stereocenters. The zero-order valence-corrected chi connectivity index (χ0v) is 12.7. The van der Waals surface area contributed by atoms with Crippen LogP contribution in [0.1, 0.15) is 30.6 Å². The highest BCUT2D eigenvalue weighted by Crippen LogP contribution is 2.18. The van der Waals surface area contributed by atoms with Crippen molar-refractivity contribution in [3.63, 3.8) is 0 Å². The molecule has 0 aliphatic heterocycles. The van der Waals surface area contributed by atoms with Crippen LogP contribution < -0.4 is 5.32 Å². The van der Waals surface area contributed by atoms with Crippen LogP contribution >= 0.6 is 12.2 Å². The largest absolute Gasteiger partial charge is 0.396 e. The van der Waals surface area contributed by atoms with E-state index in [1.54, 1.807) is 0 Å². The first kappa shape index (κ1) is 15.7. The molecule has 2 rings (SSSR count). The Balaban J connectivity index is 2.36.